The fourth-order valence-corrected chi connectivity index (χ4v) is 4.26. The van der Waals surface area contributed by atoms with Crippen LogP contribution in [0.2, 0.25) is 0 Å². The summed E-state index contributed by atoms with van der Waals surface area (Å²) in [6.45, 7) is 4.54. The van der Waals surface area contributed by atoms with Gasteiger partial charge in [-0.1, -0.05) is 31.2 Å². The summed E-state index contributed by atoms with van der Waals surface area (Å²) in [4.78, 5) is 12.8. The molecule has 0 aromatic heterocycles. The van der Waals surface area contributed by atoms with E-state index in [-0.39, 0.29) is 16.4 Å². The number of rotatable bonds is 8. The number of nitrogens with zero attached hydrogens (tertiary/aromatic N) is 1. The van der Waals surface area contributed by atoms with Crippen LogP contribution in [0, 0.1) is 6.92 Å². The van der Waals surface area contributed by atoms with Crippen molar-refractivity contribution in [1.29, 1.82) is 0 Å². The summed E-state index contributed by atoms with van der Waals surface area (Å²) in [5, 5.41) is 2.85. The first-order valence-electron chi connectivity index (χ1n) is 10.0. The molecule has 1 amide bonds. The second kappa shape index (κ2) is 9.66. The molecular formula is C24H26N2O4S. The van der Waals surface area contributed by atoms with Gasteiger partial charge in [-0.05, 0) is 67.4 Å². The molecular weight excluding hydrogens is 412 g/mol. The Hall–Kier alpha value is -3.32. The van der Waals surface area contributed by atoms with Crippen molar-refractivity contribution in [1.82, 2.24) is 0 Å². The van der Waals surface area contributed by atoms with Gasteiger partial charge in [-0.15, -0.1) is 0 Å². The second-order valence-electron chi connectivity index (χ2n) is 7.12. The third-order valence-electron chi connectivity index (χ3n) is 4.79. The number of benzene rings is 3. The molecule has 0 fully saturated rings. The van der Waals surface area contributed by atoms with E-state index in [1.165, 1.54) is 23.5 Å². The monoisotopic (exact) mass is 438 g/mol. The summed E-state index contributed by atoms with van der Waals surface area (Å²) in [5.41, 5.74) is 2.30. The van der Waals surface area contributed by atoms with Crippen LogP contribution in [0.25, 0.3) is 0 Å². The van der Waals surface area contributed by atoms with Gasteiger partial charge in [0.1, 0.15) is 5.75 Å². The number of carbonyl (C=O) groups excluding carboxylic acids is 1. The predicted molar refractivity (Wildman–Crippen MR) is 123 cm³/mol. The summed E-state index contributed by atoms with van der Waals surface area (Å²) >= 11 is 0. The fourth-order valence-electron chi connectivity index (χ4n) is 3.01. The zero-order valence-electron chi connectivity index (χ0n) is 17.8. The molecule has 0 heterocycles. The normalized spacial score (nSPS) is 11.1. The molecule has 3 aromatic rings. The molecule has 0 unspecified atom stereocenters. The van der Waals surface area contributed by atoms with Crippen molar-refractivity contribution >= 4 is 27.3 Å². The van der Waals surface area contributed by atoms with Crippen molar-refractivity contribution < 1.29 is 17.9 Å². The lowest BCUT2D eigenvalue weighted by atomic mass is 10.1. The molecule has 162 valence electrons. The van der Waals surface area contributed by atoms with E-state index in [2.05, 4.69) is 5.32 Å². The lowest BCUT2D eigenvalue weighted by molar-refractivity contribution is 0.102. The van der Waals surface area contributed by atoms with Crippen molar-refractivity contribution in [3.63, 3.8) is 0 Å². The van der Waals surface area contributed by atoms with Crippen molar-refractivity contribution in [3.05, 3.63) is 83.9 Å². The Morgan fingerprint density at radius 2 is 1.74 bits per heavy atom. The molecule has 0 atom stereocenters. The predicted octanol–water partition coefficient (Wildman–Crippen LogP) is 4.86. The molecule has 7 heteroatoms. The molecule has 0 aliphatic heterocycles. The number of sulfonamides is 1. The van der Waals surface area contributed by atoms with Crippen molar-refractivity contribution in [2.75, 3.05) is 23.3 Å². The Morgan fingerprint density at radius 1 is 1.00 bits per heavy atom. The average molecular weight is 439 g/mol. The molecule has 6 nitrogen and oxygen atoms in total. The largest absolute Gasteiger partial charge is 0.494 e. The second-order valence-corrected chi connectivity index (χ2v) is 9.08. The van der Waals surface area contributed by atoms with E-state index >= 15 is 0 Å². The van der Waals surface area contributed by atoms with Crippen molar-refractivity contribution in [2.45, 2.75) is 25.2 Å². The summed E-state index contributed by atoms with van der Waals surface area (Å²) in [7, 11) is -2.32. The number of amides is 1. The van der Waals surface area contributed by atoms with Crippen LogP contribution >= 0.6 is 0 Å². The summed E-state index contributed by atoms with van der Waals surface area (Å²) < 4.78 is 32.9. The zero-order chi connectivity index (χ0) is 22.4. The minimum Gasteiger partial charge on any atom is -0.494 e. The Kier molecular flexibility index (Phi) is 6.97. The minimum absolute atomic E-state index is 0.0477. The number of nitrogens with one attached hydrogen (secondary N) is 1. The third kappa shape index (κ3) is 5.24. The Labute approximate surface area is 183 Å². The van der Waals surface area contributed by atoms with Crippen LogP contribution in [0.15, 0.2) is 77.7 Å². The smallest absolute Gasteiger partial charge is 0.264 e. The Bertz CT molecular complexity index is 1160. The van der Waals surface area contributed by atoms with Gasteiger partial charge in [-0.2, -0.15) is 0 Å². The minimum atomic E-state index is -3.81. The van der Waals surface area contributed by atoms with Gasteiger partial charge in [0.05, 0.1) is 17.2 Å². The number of carbonyl (C=O) groups is 1. The van der Waals surface area contributed by atoms with Crippen LogP contribution in [0.1, 0.15) is 29.3 Å². The van der Waals surface area contributed by atoms with Gasteiger partial charge in [0.25, 0.3) is 15.9 Å². The molecule has 0 saturated heterocycles. The highest BCUT2D eigenvalue weighted by Crippen LogP contribution is 2.24. The first kappa shape index (κ1) is 22.4. The fraction of sp³-hybridized carbons (Fsp3) is 0.208. The maximum atomic E-state index is 13.0. The van der Waals surface area contributed by atoms with Gasteiger partial charge < -0.3 is 10.1 Å². The van der Waals surface area contributed by atoms with Crippen LogP contribution in [0.4, 0.5) is 11.4 Å². The lowest BCUT2D eigenvalue weighted by Gasteiger charge is -2.19. The van der Waals surface area contributed by atoms with E-state index in [1.807, 2.05) is 26.0 Å². The third-order valence-corrected chi connectivity index (χ3v) is 6.57. The molecule has 0 radical (unpaired) electrons. The van der Waals surface area contributed by atoms with Crippen LogP contribution in [-0.2, 0) is 10.0 Å². The Balaban J connectivity index is 1.80. The number of ether oxygens (including phenoxy) is 1. The molecule has 31 heavy (non-hydrogen) atoms. The van der Waals surface area contributed by atoms with Crippen molar-refractivity contribution in [3.8, 4) is 5.75 Å². The van der Waals surface area contributed by atoms with Crippen LogP contribution in [0.5, 0.6) is 5.75 Å². The van der Waals surface area contributed by atoms with Crippen LogP contribution < -0.4 is 14.4 Å². The van der Waals surface area contributed by atoms with E-state index < -0.39 is 10.0 Å². The maximum absolute atomic E-state index is 13.0. The van der Waals surface area contributed by atoms with Gasteiger partial charge >= 0.3 is 0 Å². The number of hydrogen-bond donors (Lipinski definition) is 1. The summed E-state index contributed by atoms with van der Waals surface area (Å²) in [5.74, 6) is 0.360. The molecule has 0 aliphatic rings. The van der Waals surface area contributed by atoms with E-state index in [9.17, 15) is 13.2 Å². The zero-order valence-corrected chi connectivity index (χ0v) is 18.6. The maximum Gasteiger partial charge on any atom is 0.264 e. The highest BCUT2D eigenvalue weighted by Gasteiger charge is 2.22. The SMILES string of the molecule is CCCOc1ccc(NC(=O)c2cccc(S(=O)(=O)N(C)c3ccccc3)c2)c(C)c1. The number of para-hydroxylation sites is 1. The highest BCUT2D eigenvalue weighted by molar-refractivity contribution is 7.92. The lowest BCUT2D eigenvalue weighted by Crippen LogP contribution is -2.26. The topological polar surface area (TPSA) is 75.7 Å². The van der Waals surface area contributed by atoms with Gasteiger partial charge in [0, 0.05) is 18.3 Å². The van der Waals surface area contributed by atoms with Gasteiger partial charge in [-0.3, -0.25) is 9.10 Å². The standard InChI is InChI=1S/C24H26N2O4S/c1-4-15-30-21-13-14-23(18(2)16-21)25-24(27)19-9-8-12-22(17-19)31(28,29)26(3)20-10-6-5-7-11-20/h5-14,16-17H,4,15H2,1-3H3,(H,25,27). The summed E-state index contributed by atoms with van der Waals surface area (Å²) in [6, 6.07) is 20.2. The average Bonchev–Trinajstić information content (AvgIpc) is 2.79. The molecule has 0 saturated carbocycles. The number of anilines is 2. The van der Waals surface area contributed by atoms with Crippen LogP contribution in [0.3, 0.4) is 0 Å². The Morgan fingerprint density at radius 3 is 2.42 bits per heavy atom. The molecule has 0 bridgehead atoms. The van der Waals surface area contributed by atoms with E-state index in [0.29, 0.717) is 18.0 Å². The quantitative estimate of drug-likeness (QED) is 0.545. The van der Waals surface area contributed by atoms with E-state index in [1.54, 1.807) is 48.5 Å². The molecule has 1 N–H and O–H groups in total. The summed E-state index contributed by atoms with van der Waals surface area (Å²) in [6.07, 6.45) is 0.913. The molecule has 3 rings (SSSR count). The molecule has 0 aliphatic carbocycles. The van der Waals surface area contributed by atoms with E-state index in [4.69, 9.17) is 4.74 Å². The first-order valence-corrected chi connectivity index (χ1v) is 11.5. The molecule has 3 aromatic carbocycles. The number of hydrogen-bond acceptors (Lipinski definition) is 4. The van der Waals surface area contributed by atoms with Crippen molar-refractivity contribution in [2.24, 2.45) is 0 Å². The van der Waals surface area contributed by atoms with Gasteiger partial charge in [0.15, 0.2) is 0 Å². The van der Waals surface area contributed by atoms with Gasteiger partial charge in [-0.25, -0.2) is 8.42 Å². The highest BCUT2D eigenvalue weighted by atomic mass is 32.2. The van der Waals surface area contributed by atoms with Gasteiger partial charge in [0.2, 0.25) is 0 Å². The van der Waals surface area contributed by atoms with E-state index in [0.717, 1.165) is 17.7 Å². The molecule has 0 spiro atoms. The first-order chi connectivity index (χ1) is 14.8. The van der Waals surface area contributed by atoms with Crippen LogP contribution in [-0.4, -0.2) is 28.0 Å². The number of aryl methyl sites for hydroxylation is 1.